The summed E-state index contributed by atoms with van der Waals surface area (Å²) >= 11 is 0. The molecule has 1 saturated heterocycles. The van der Waals surface area contributed by atoms with Gasteiger partial charge in [0, 0.05) is 50.0 Å². The van der Waals surface area contributed by atoms with Crippen LogP contribution >= 0.6 is 0 Å². The van der Waals surface area contributed by atoms with Crippen LogP contribution < -0.4 is 16.4 Å². The summed E-state index contributed by atoms with van der Waals surface area (Å²) in [6.07, 6.45) is 9.22. The van der Waals surface area contributed by atoms with E-state index < -0.39 is 6.67 Å². The number of hydrogen-bond donors (Lipinski definition) is 3. The molecule has 5 rings (SSSR count). The Labute approximate surface area is 238 Å². The Morgan fingerprint density at radius 1 is 1.32 bits per heavy atom. The Bertz CT molecular complexity index is 1410. The summed E-state index contributed by atoms with van der Waals surface area (Å²) in [6.45, 7) is 5.55. The Balaban J connectivity index is 0.00000111. The molecule has 1 fully saturated rings. The molecule has 2 aliphatic heterocycles. The highest BCUT2D eigenvalue weighted by atomic mass is 19.1. The highest BCUT2D eigenvalue weighted by molar-refractivity contribution is 6.08. The molecule has 1 unspecified atom stereocenters. The van der Waals surface area contributed by atoms with Crippen LogP contribution in [0, 0.1) is 11.7 Å². The van der Waals surface area contributed by atoms with Crippen molar-refractivity contribution in [1.29, 1.82) is 0 Å². The van der Waals surface area contributed by atoms with E-state index in [1.165, 1.54) is 18.3 Å². The maximum absolute atomic E-state index is 13.7. The molecule has 1 amide bonds. The number of ether oxygens (including phenoxy) is 1. The first-order valence-electron chi connectivity index (χ1n) is 13.6. The van der Waals surface area contributed by atoms with Crippen LogP contribution in [-0.4, -0.2) is 61.2 Å². The first-order chi connectivity index (χ1) is 20.1. The number of amides is 1. The van der Waals surface area contributed by atoms with Gasteiger partial charge in [-0.3, -0.25) is 18.6 Å². The number of rotatable bonds is 9. The minimum Gasteiger partial charge on any atom is -0.405 e. The second kappa shape index (κ2) is 15.7. The number of benzene rings is 1. The van der Waals surface area contributed by atoms with Gasteiger partial charge in [-0.05, 0) is 42.0 Å². The van der Waals surface area contributed by atoms with Crippen molar-refractivity contribution >= 4 is 23.0 Å². The molecule has 0 aliphatic carbocycles. The monoisotopic (exact) mass is 570 g/mol. The molecular weight excluding hydrogens is 533 g/mol. The number of carbonyl (C=O) groups excluding carboxylic acids is 1. The summed E-state index contributed by atoms with van der Waals surface area (Å²) in [5, 5.41) is 5.99. The van der Waals surface area contributed by atoms with Crippen molar-refractivity contribution in [2.45, 2.75) is 26.8 Å². The third-order valence-corrected chi connectivity index (χ3v) is 6.60. The molecule has 220 valence electrons. The van der Waals surface area contributed by atoms with Crippen molar-refractivity contribution < 1.29 is 22.7 Å². The van der Waals surface area contributed by atoms with Gasteiger partial charge < -0.3 is 21.1 Å². The van der Waals surface area contributed by atoms with Gasteiger partial charge in [0.05, 0.1) is 42.6 Å². The Kier molecular flexibility index (Phi) is 12.1. The van der Waals surface area contributed by atoms with Crippen LogP contribution in [0.1, 0.15) is 36.2 Å². The lowest BCUT2D eigenvalue weighted by atomic mass is 9.93. The fourth-order valence-electron chi connectivity index (χ4n) is 4.85. The first-order valence-corrected chi connectivity index (χ1v) is 13.6. The van der Waals surface area contributed by atoms with Crippen molar-refractivity contribution in [3.63, 3.8) is 0 Å². The van der Waals surface area contributed by atoms with E-state index in [2.05, 4.69) is 15.6 Å². The van der Waals surface area contributed by atoms with Crippen LogP contribution in [0.4, 0.5) is 18.9 Å². The molecule has 8 nitrogen and oxygen atoms in total. The number of aromatic nitrogens is 2. The molecule has 0 spiro atoms. The third kappa shape index (κ3) is 7.22. The van der Waals surface area contributed by atoms with Gasteiger partial charge in [-0.2, -0.15) is 0 Å². The minimum absolute atomic E-state index is 0.113. The van der Waals surface area contributed by atoms with E-state index in [1.807, 2.05) is 26.0 Å². The van der Waals surface area contributed by atoms with Crippen molar-refractivity contribution in [2.24, 2.45) is 16.6 Å². The zero-order valence-corrected chi connectivity index (χ0v) is 23.6. The number of hydrogen-bond acceptors (Lipinski definition) is 6. The molecule has 0 saturated carbocycles. The van der Waals surface area contributed by atoms with Crippen LogP contribution in [0.15, 0.2) is 65.6 Å². The molecule has 2 aliphatic rings. The summed E-state index contributed by atoms with van der Waals surface area (Å²) in [5.74, 6) is -0.476. The van der Waals surface area contributed by atoms with Crippen LogP contribution in [0.2, 0.25) is 0 Å². The average molecular weight is 571 g/mol. The Morgan fingerprint density at radius 2 is 2.12 bits per heavy atom. The molecule has 1 aromatic carbocycles. The molecule has 4 heterocycles. The summed E-state index contributed by atoms with van der Waals surface area (Å²) in [6, 6.07) is 6.43. The van der Waals surface area contributed by atoms with Gasteiger partial charge in [-0.25, -0.2) is 13.8 Å². The molecule has 3 aromatic rings. The molecule has 1 atom stereocenters. The van der Waals surface area contributed by atoms with Crippen LogP contribution in [0.5, 0.6) is 0 Å². The number of nitrogens with zero attached hydrogens (tertiary/aromatic N) is 3. The fraction of sp³-hybridized carbons (Fsp3) is 0.367. The van der Waals surface area contributed by atoms with Gasteiger partial charge >= 0.3 is 0 Å². The van der Waals surface area contributed by atoms with E-state index in [9.17, 15) is 18.0 Å². The Hall–Kier alpha value is -3.96. The lowest BCUT2D eigenvalue weighted by molar-refractivity contribution is 0.0966. The Morgan fingerprint density at radius 3 is 2.83 bits per heavy atom. The number of allylic oxidation sites excluding steroid dienone is 2. The third-order valence-electron chi connectivity index (χ3n) is 6.60. The van der Waals surface area contributed by atoms with Crippen molar-refractivity contribution in [3.05, 3.63) is 77.5 Å². The highest BCUT2D eigenvalue weighted by Gasteiger charge is 2.28. The number of aliphatic imine (C=N–C) groups is 1. The quantitative estimate of drug-likeness (QED) is 0.189. The zero-order chi connectivity index (χ0) is 29.8. The van der Waals surface area contributed by atoms with Crippen LogP contribution in [-0.2, 0) is 11.3 Å². The van der Waals surface area contributed by atoms with Gasteiger partial charge in [0.25, 0.3) is 5.91 Å². The molecule has 0 radical (unpaired) electrons. The van der Waals surface area contributed by atoms with E-state index in [-0.39, 0.29) is 24.2 Å². The predicted octanol–water partition coefficient (Wildman–Crippen LogP) is 5.06. The van der Waals surface area contributed by atoms with E-state index >= 15 is 0 Å². The van der Waals surface area contributed by atoms with Gasteiger partial charge in [0.15, 0.2) is 0 Å². The van der Waals surface area contributed by atoms with Crippen molar-refractivity contribution in [1.82, 2.24) is 20.0 Å². The standard InChI is InChI=1S/C27H28F2N6O2.C2H6.CH3F/c28-7-9-31-14-23(19(2-1-8-30)17-6-11-37-16-17)34-22-4-3-20(21-13-33-27(36)26(21)22)24-15-32-25-12-18(29)5-10-35(24)25;2*1-2/h1-5,8,10,12,15,17,31H,6-7,9,11,13-14,16,30H2,(H,33,36);1-2H3;1H3/b8-1+,19-2-,34-23?;;. The number of halogens is 3. The average Bonchev–Trinajstić information content (AvgIpc) is 3.76. The molecule has 2 aromatic heterocycles. The predicted molar refractivity (Wildman–Crippen MR) is 156 cm³/mol. The second-order valence-corrected chi connectivity index (χ2v) is 8.88. The van der Waals surface area contributed by atoms with Gasteiger partial charge in [0.2, 0.25) is 0 Å². The lowest BCUT2D eigenvalue weighted by Crippen LogP contribution is -2.28. The fourth-order valence-corrected chi connectivity index (χ4v) is 4.85. The lowest BCUT2D eigenvalue weighted by Gasteiger charge is -2.18. The van der Waals surface area contributed by atoms with Gasteiger partial charge in [0.1, 0.15) is 18.1 Å². The second-order valence-electron chi connectivity index (χ2n) is 8.88. The topological polar surface area (TPSA) is 106 Å². The molecule has 41 heavy (non-hydrogen) atoms. The van der Waals surface area contributed by atoms with Crippen LogP contribution in [0.25, 0.3) is 16.9 Å². The zero-order valence-electron chi connectivity index (χ0n) is 23.6. The van der Waals surface area contributed by atoms with E-state index in [0.29, 0.717) is 56.1 Å². The SMILES string of the molecule is CC.CF.N/C=C/C=C(\C(CNCCF)=Nc1ccc(-c2cnc3cc(F)ccn23)c2c1C(=O)NC2)C1CCOC1. The van der Waals surface area contributed by atoms with Crippen molar-refractivity contribution in [2.75, 3.05) is 40.2 Å². The number of nitrogens with one attached hydrogen (secondary N) is 2. The van der Waals surface area contributed by atoms with Crippen molar-refractivity contribution in [3.8, 4) is 11.3 Å². The first kappa shape index (κ1) is 31.6. The number of imidazole rings is 1. The summed E-state index contributed by atoms with van der Waals surface area (Å²) in [5.41, 5.74) is 11.1. The number of carbonyl (C=O) groups is 1. The smallest absolute Gasteiger partial charge is 0.254 e. The molecule has 11 heteroatoms. The highest BCUT2D eigenvalue weighted by Crippen LogP contribution is 2.36. The summed E-state index contributed by atoms with van der Waals surface area (Å²) < 4.78 is 43.5. The van der Waals surface area contributed by atoms with E-state index in [4.69, 9.17) is 15.5 Å². The maximum atomic E-state index is 13.7. The number of nitrogens with two attached hydrogens (primary N) is 1. The molecule has 0 bridgehead atoms. The van der Waals surface area contributed by atoms with E-state index in [1.54, 1.807) is 28.9 Å². The minimum atomic E-state index is -0.503. The molecule has 4 N–H and O–H groups in total. The van der Waals surface area contributed by atoms with Gasteiger partial charge in [-0.15, -0.1) is 0 Å². The summed E-state index contributed by atoms with van der Waals surface area (Å²) in [4.78, 5) is 22.2. The number of pyridine rings is 1. The number of alkyl halides is 2. The normalized spacial score (nSPS) is 16.7. The number of fused-ring (bicyclic) bond motifs is 2. The molecular formula is C30H37F3N6O2. The largest absolute Gasteiger partial charge is 0.405 e. The van der Waals surface area contributed by atoms with Gasteiger partial charge in [-0.1, -0.05) is 26.0 Å². The maximum Gasteiger partial charge on any atom is 0.254 e. The van der Waals surface area contributed by atoms with Crippen LogP contribution in [0.3, 0.4) is 0 Å². The summed E-state index contributed by atoms with van der Waals surface area (Å²) in [7, 11) is 0.500. The van der Waals surface area contributed by atoms with E-state index in [0.717, 1.165) is 28.8 Å².